The van der Waals surface area contributed by atoms with Crippen LogP contribution in [0.5, 0.6) is 5.75 Å². The summed E-state index contributed by atoms with van der Waals surface area (Å²) >= 11 is 0. The van der Waals surface area contributed by atoms with Crippen LogP contribution in [0, 0.1) is 0 Å². The number of rotatable bonds is 8. The molecule has 2 aromatic carbocycles. The van der Waals surface area contributed by atoms with E-state index in [0.29, 0.717) is 22.5 Å². The van der Waals surface area contributed by atoms with E-state index in [2.05, 4.69) is 11.9 Å². The predicted molar refractivity (Wildman–Crippen MR) is 116 cm³/mol. The van der Waals surface area contributed by atoms with Gasteiger partial charge in [0, 0.05) is 17.8 Å². The second-order valence-corrected chi connectivity index (χ2v) is 7.23. The summed E-state index contributed by atoms with van der Waals surface area (Å²) in [5.41, 5.74) is 2.42. The minimum Gasteiger partial charge on any atom is -0.484 e. The maximum Gasteiger partial charge on any atom is 0.193 e. The molecule has 0 saturated carbocycles. The first-order valence-corrected chi connectivity index (χ1v) is 10.2. The molecule has 4 heteroatoms. The van der Waals surface area contributed by atoms with Crippen LogP contribution >= 0.6 is 0 Å². The van der Waals surface area contributed by atoms with Crippen molar-refractivity contribution in [3.8, 4) is 17.1 Å². The Labute approximate surface area is 170 Å². The molecule has 0 amide bonds. The number of hydrogen-bond donors (Lipinski definition) is 1. The molecule has 0 saturated heterocycles. The van der Waals surface area contributed by atoms with Crippen LogP contribution in [0.15, 0.2) is 82.1 Å². The standard InChI is InChI=1S/C25H25NO3/c1-2-3-5-12-24(21-11-8-15-26-21)28-19-13-14-23-20(16-19)22(27)17-25(29-23)18-9-6-4-7-10-18/h4,6-11,13-17,24,26H,2-3,5,12H2,1H3. The number of aromatic nitrogens is 1. The summed E-state index contributed by atoms with van der Waals surface area (Å²) < 4.78 is 12.3. The maximum atomic E-state index is 12.7. The average Bonchev–Trinajstić information content (AvgIpc) is 3.29. The van der Waals surface area contributed by atoms with Gasteiger partial charge >= 0.3 is 0 Å². The van der Waals surface area contributed by atoms with Crippen molar-refractivity contribution in [3.05, 3.63) is 88.8 Å². The van der Waals surface area contributed by atoms with E-state index in [1.54, 1.807) is 12.1 Å². The van der Waals surface area contributed by atoms with E-state index in [0.717, 1.165) is 30.5 Å². The highest BCUT2D eigenvalue weighted by Crippen LogP contribution is 2.29. The quantitative estimate of drug-likeness (QED) is 0.352. The van der Waals surface area contributed by atoms with E-state index in [1.165, 1.54) is 6.42 Å². The number of fused-ring (bicyclic) bond motifs is 1. The van der Waals surface area contributed by atoms with Crippen molar-refractivity contribution < 1.29 is 9.15 Å². The van der Waals surface area contributed by atoms with Crippen LogP contribution in [0.3, 0.4) is 0 Å². The largest absolute Gasteiger partial charge is 0.484 e. The van der Waals surface area contributed by atoms with Gasteiger partial charge in [0.2, 0.25) is 0 Å². The van der Waals surface area contributed by atoms with Crippen molar-refractivity contribution in [2.45, 2.75) is 38.7 Å². The number of aromatic amines is 1. The summed E-state index contributed by atoms with van der Waals surface area (Å²) in [4.78, 5) is 16.0. The Bertz CT molecular complexity index is 1110. The molecule has 0 spiro atoms. The zero-order chi connectivity index (χ0) is 20.1. The Kier molecular flexibility index (Phi) is 5.80. The third-order valence-corrected chi connectivity index (χ3v) is 5.07. The molecule has 2 heterocycles. The third kappa shape index (κ3) is 4.43. The highest BCUT2D eigenvalue weighted by Gasteiger charge is 2.15. The molecule has 2 aromatic heterocycles. The first-order chi connectivity index (χ1) is 14.2. The van der Waals surface area contributed by atoms with Crippen molar-refractivity contribution in [1.82, 2.24) is 4.98 Å². The minimum atomic E-state index is -0.0713. The van der Waals surface area contributed by atoms with Gasteiger partial charge < -0.3 is 14.1 Å². The number of hydrogen-bond acceptors (Lipinski definition) is 3. The Balaban J connectivity index is 1.62. The van der Waals surface area contributed by atoms with Gasteiger partial charge in [0.1, 0.15) is 23.2 Å². The summed E-state index contributed by atoms with van der Waals surface area (Å²) in [5.74, 6) is 1.24. The molecule has 4 nitrogen and oxygen atoms in total. The van der Waals surface area contributed by atoms with Crippen LogP contribution in [-0.4, -0.2) is 4.98 Å². The van der Waals surface area contributed by atoms with Crippen LogP contribution in [0.2, 0.25) is 0 Å². The first kappa shape index (κ1) is 19.1. The fourth-order valence-corrected chi connectivity index (χ4v) is 3.52. The molecule has 4 aromatic rings. The Morgan fingerprint density at radius 3 is 2.62 bits per heavy atom. The summed E-state index contributed by atoms with van der Waals surface area (Å²) in [7, 11) is 0. The molecule has 0 aliphatic rings. The molecule has 4 rings (SSSR count). The second kappa shape index (κ2) is 8.82. The fraction of sp³-hybridized carbons (Fsp3) is 0.240. The van der Waals surface area contributed by atoms with Gasteiger partial charge in [-0.05, 0) is 43.2 Å². The van der Waals surface area contributed by atoms with Gasteiger partial charge in [0.15, 0.2) is 5.43 Å². The van der Waals surface area contributed by atoms with Crippen molar-refractivity contribution in [2.24, 2.45) is 0 Å². The molecule has 1 atom stereocenters. The van der Waals surface area contributed by atoms with E-state index in [4.69, 9.17) is 9.15 Å². The number of ether oxygens (including phenoxy) is 1. The zero-order valence-electron chi connectivity index (χ0n) is 16.6. The molecule has 1 N–H and O–H groups in total. The molecule has 0 aliphatic carbocycles. The zero-order valence-corrected chi connectivity index (χ0v) is 16.6. The van der Waals surface area contributed by atoms with Crippen molar-refractivity contribution in [1.29, 1.82) is 0 Å². The lowest BCUT2D eigenvalue weighted by atomic mass is 10.1. The number of H-pyrrole nitrogens is 1. The van der Waals surface area contributed by atoms with Crippen molar-refractivity contribution in [3.63, 3.8) is 0 Å². The lowest BCUT2D eigenvalue weighted by Crippen LogP contribution is -2.09. The maximum absolute atomic E-state index is 12.7. The molecular formula is C25H25NO3. The lowest BCUT2D eigenvalue weighted by Gasteiger charge is -2.18. The first-order valence-electron chi connectivity index (χ1n) is 10.2. The summed E-state index contributed by atoms with van der Waals surface area (Å²) in [6, 6.07) is 20.7. The van der Waals surface area contributed by atoms with Crippen LogP contribution in [0.25, 0.3) is 22.3 Å². The highest BCUT2D eigenvalue weighted by atomic mass is 16.5. The van der Waals surface area contributed by atoms with Crippen LogP contribution in [0.1, 0.15) is 44.4 Å². The monoisotopic (exact) mass is 387 g/mol. The third-order valence-electron chi connectivity index (χ3n) is 5.07. The van der Waals surface area contributed by atoms with Crippen molar-refractivity contribution in [2.75, 3.05) is 0 Å². The summed E-state index contributed by atoms with van der Waals surface area (Å²) in [5, 5.41) is 0.529. The Morgan fingerprint density at radius 1 is 1.00 bits per heavy atom. The smallest absolute Gasteiger partial charge is 0.193 e. The predicted octanol–water partition coefficient (Wildman–Crippen LogP) is 6.49. The summed E-state index contributed by atoms with van der Waals surface area (Å²) in [6.07, 6.45) is 6.20. The fourth-order valence-electron chi connectivity index (χ4n) is 3.52. The van der Waals surface area contributed by atoms with Crippen LogP contribution in [0.4, 0.5) is 0 Å². The van der Waals surface area contributed by atoms with Crippen LogP contribution < -0.4 is 10.2 Å². The SMILES string of the molecule is CCCCCC(Oc1ccc2oc(-c3ccccc3)cc(=O)c2c1)c1ccc[nH]1. The number of benzene rings is 2. The molecule has 0 radical (unpaired) electrons. The van der Waals surface area contributed by atoms with Crippen molar-refractivity contribution >= 4 is 11.0 Å². The molecule has 0 bridgehead atoms. The molecule has 29 heavy (non-hydrogen) atoms. The molecule has 1 unspecified atom stereocenters. The number of unbranched alkanes of at least 4 members (excludes halogenated alkanes) is 2. The van der Waals surface area contributed by atoms with E-state index in [-0.39, 0.29) is 11.5 Å². The van der Waals surface area contributed by atoms with Crippen LogP contribution in [-0.2, 0) is 0 Å². The lowest BCUT2D eigenvalue weighted by molar-refractivity contribution is 0.187. The average molecular weight is 387 g/mol. The molecule has 0 fully saturated rings. The van der Waals surface area contributed by atoms with Gasteiger partial charge in [0.05, 0.1) is 11.1 Å². The normalized spacial score (nSPS) is 12.2. The van der Waals surface area contributed by atoms with E-state index < -0.39 is 0 Å². The van der Waals surface area contributed by atoms with Gasteiger partial charge in [-0.3, -0.25) is 4.79 Å². The Hall–Kier alpha value is -3.27. The van der Waals surface area contributed by atoms with E-state index >= 15 is 0 Å². The molecule has 0 aliphatic heterocycles. The Morgan fingerprint density at radius 2 is 1.86 bits per heavy atom. The van der Waals surface area contributed by atoms with E-state index in [1.807, 2.05) is 60.8 Å². The molecule has 148 valence electrons. The highest BCUT2D eigenvalue weighted by molar-refractivity contribution is 5.80. The van der Waals surface area contributed by atoms with Gasteiger partial charge in [-0.15, -0.1) is 0 Å². The second-order valence-electron chi connectivity index (χ2n) is 7.23. The topological polar surface area (TPSA) is 55.2 Å². The summed E-state index contributed by atoms with van der Waals surface area (Å²) in [6.45, 7) is 2.19. The minimum absolute atomic E-state index is 0.0652. The van der Waals surface area contributed by atoms with Gasteiger partial charge in [-0.1, -0.05) is 50.1 Å². The molecular weight excluding hydrogens is 362 g/mol. The van der Waals surface area contributed by atoms with Gasteiger partial charge in [0.25, 0.3) is 0 Å². The van der Waals surface area contributed by atoms with Gasteiger partial charge in [-0.25, -0.2) is 0 Å². The van der Waals surface area contributed by atoms with Gasteiger partial charge in [-0.2, -0.15) is 0 Å². The number of nitrogens with one attached hydrogen (secondary N) is 1. The van der Waals surface area contributed by atoms with E-state index in [9.17, 15) is 4.79 Å².